The van der Waals surface area contributed by atoms with Crippen molar-refractivity contribution in [2.75, 3.05) is 12.8 Å². The Balaban J connectivity index is 2.77. The number of aromatic nitrogens is 2. The summed E-state index contributed by atoms with van der Waals surface area (Å²) >= 11 is 0. The number of ether oxygens (including phenoxy) is 1. The minimum Gasteiger partial charge on any atom is -0.378 e. The number of rotatable bonds is 3. The number of nitrogens with two attached hydrogens (primary N) is 1. The predicted molar refractivity (Wildman–Crippen MR) is 43.0 cm³/mol. The Kier molecular flexibility index (Phi) is 2.48. The van der Waals surface area contributed by atoms with Crippen LogP contribution >= 0.6 is 0 Å². The highest BCUT2D eigenvalue weighted by atomic mass is 16.5. The Morgan fingerprint density at radius 2 is 2.45 bits per heavy atom. The van der Waals surface area contributed by atoms with Gasteiger partial charge in [0.25, 0.3) is 0 Å². The number of nitrogen functional groups attached to an aromatic ring is 1. The van der Waals surface area contributed by atoms with Crippen LogP contribution in [-0.4, -0.2) is 16.7 Å². The van der Waals surface area contributed by atoms with Gasteiger partial charge in [0, 0.05) is 19.9 Å². The Bertz CT molecular complexity index is 232. The van der Waals surface area contributed by atoms with Crippen LogP contribution in [0.3, 0.4) is 0 Å². The van der Waals surface area contributed by atoms with Crippen molar-refractivity contribution in [2.24, 2.45) is 0 Å². The molecule has 0 atom stereocenters. The van der Waals surface area contributed by atoms with Crippen molar-refractivity contribution < 1.29 is 4.74 Å². The van der Waals surface area contributed by atoms with E-state index in [1.807, 2.05) is 17.7 Å². The average Bonchev–Trinajstić information content (AvgIpc) is 2.32. The molecule has 0 spiro atoms. The minimum atomic E-state index is 0.525. The number of methoxy groups -OCH3 is 1. The first-order valence-corrected chi connectivity index (χ1v) is 3.58. The van der Waals surface area contributed by atoms with E-state index in [0.29, 0.717) is 12.6 Å². The van der Waals surface area contributed by atoms with Gasteiger partial charge in [-0.25, -0.2) is 4.98 Å². The molecule has 0 saturated heterocycles. The lowest BCUT2D eigenvalue weighted by atomic mass is 10.5. The smallest absolute Gasteiger partial charge is 0.200 e. The van der Waals surface area contributed by atoms with Crippen molar-refractivity contribution in [2.45, 2.75) is 20.1 Å². The van der Waals surface area contributed by atoms with Gasteiger partial charge in [-0.3, -0.25) is 0 Å². The number of hydrogen-bond donors (Lipinski definition) is 1. The molecule has 1 rings (SSSR count). The average molecular weight is 155 g/mol. The molecule has 0 amide bonds. The third-order valence-electron chi connectivity index (χ3n) is 1.49. The molecule has 0 aliphatic carbocycles. The fraction of sp³-hybridized carbons (Fsp3) is 0.571. The number of anilines is 1. The Morgan fingerprint density at radius 3 is 2.91 bits per heavy atom. The normalized spacial score (nSPS) is 10.4. The molecule has 0 radical (unpaired) electrons. The van der Waals surface area contributed by atoms with Gasteiger partial charge >= 0.3 is 0 Å². The van der Waals surface area contributed by atoms with Crippen molar-refractivity contribution in [3.63, 3.8) is 0 Å². The summed E-state index contributed by atoms with van der Waals surface area (Å²) in [5.41, 5.74) is 6.46. The topological polar surface area (TPSA) is 53.1 Å². The zero-order valence-corrected chi connectivity index (χ0v) is 6.87. The van der Waals surface area contributed by atoms with Crippen LogP contribution in [-0.2, 0) is 17.9 Å². The van der Waals surface area contributed by atoms with E-state index < -0.39 is 0 Å². The maximum Gasteiger partial charge on any atom is 0.200 e. The quantitative estimate of drug-likeness (QED) is 0.696. The maximum absolute atomic E-state index is 5.58. The molecule has 4 heteroatoms. The van der Waals surface area contributed by atoms with Gasteiger partial charge in [-0.05, 0) is 6.92 Å². The van der Waals surface area contributed by atoms with E-state index in [1.54, 1.807) is 7.11 Å². The number of aryl methyl sites for hydroxylation is 1. The van der Waals surface area contributed by atoms with Gasteiger partial charge in [0.2, 0.25) is 0 Å². The number of hydrogen-bond acceptors (Lipinski definition) is 3. The van der Waals surface area contributed by atoms with Crippen molar-refractivity contribution in [1.29, 1.82) is 0 Å². The van der Waals surface area contributed by atoms with Crippen molar-refractivity contribution in [1.82, 2.24) is 9.55 Å². The first-order valence-electron chi connectivity index (χ1n) is 3.58. The molecule has 0 aromatic carbocycles. The molecule has 11 heavy (non-hydrogen) atoms. The van der Waals surface area contributed by atoms with Gasteiger partial charge in [0.05, 0.1) is 12.3 Å². The van der Waals surface area contributed by atoms with Crippen LogP contribution < -0.4 is 5.73 Å². The first kappa shape index (κ1) is 8.07. The van der Waals surface area contributed by atoms with E-state index in [1.165, 1.54) is 0 Å². The van der Waals surface area contributed by atoms with Crippen molar-refractivity contribution >= 4 is 5.95 Å². The lowest BCUT2D eigenvalue weighted by molar-refractivity contribution is 0.182. The zero-order chi connectivity index (χ0) is 8.27. The summed E-state index contributed by atoms with van der Waals surface area (Å²) < 4.78 is 6.79. The van der Waals surface area contributed by atoms with Gasteiger partial charge in [-0.1, -0.05) is 0 Å². The molecular weight excluding hydrogens is 142 g/mol. The van der Waals surface area contributed by atoms with E-state index in [9.17, 15) is 0 Å². The van der Waals surface area contributed by atoms with Crippen LogP contribution in [0.15, 0.2) is 6.20 Å². The van der Waals surface area contributed by atoms with E-state index in [-0.39, 0.29) is 0 Å². The third kappa shape index (κ3) is 1.71. The fourth-order valence-corrected chi connectivity index (χ4v) is 0.957. The molecular formula is C7H13N3O. The Hall–Kier alpha value is -1.03. The Labute approximate surface area is 66.0 Å². The molecule has 1 aromatic rings. The molecule has 0 aliphatic rings. The van der Waals surface area contributed by atoms with E-state index in [4.69, 9.17) is 10.5 Å². The second-order valence-electron chi connectivity index (χ2n) is 2.31. The van der Waals surface area contributed by atoms with Crippen molar-refractivity contribution in [3.8, 4) is 0 Å². The summed E-state index contributed by atoms with van der Waals surface area (Å²) in [4.78, 5) is 4.09. The molecule has 0 bridgehead atoms. The monoisotopic (exact) mass is 155 g/mol. The minimum absolute atomic E-state index is 0.525. The number of nitrogens with zero attached hydrogens (tertiary/aromatic N) is 2. The standard InChI is InChI=1S/C7H13N3O/c1-3-10-4-6(5-11-2)9-7(10)8/h4H,3,5H2,1-2H3,(H2,8,9). The summed E-state index contributed by atoms with van der Waals surface area (Å²) in [6.45, 7) is 3.40. The summed E-state index contributed by atoms with van der Waals surface area (Å²) in [5.74, 6) is 0.555. The predicted octanol–water partition coefficient (Wildman–Crippen LogP) is 0.632. The van der Waals surface area contributed by atoms with E-state index >= 15 is 0 Å². The van der Waals surface area contributed by atoms with Crippen LogP contribution in [0.2, 0.25) is 0 Å². The molecule has 0 unspecified atom stereocenters. The summed E-state index contributed by atoms with van der Waals surface area (Å²) in [6.07, 6.45) is 1.90. The van der Waals surface area contributed by atoms with Gasteiger partial charge in [-0.15, -0.1) is 0 Å². The molecule has 62 valence electrons. The largest absolute Gasteiger partial charge is 0.378 e. The SMILES string of the molecule is CCn1cc(COC)nc1N. The molecule has 0 fully saturated rings. The van der Waals surface area contributed by atoms with Gasteiger partial charge in [-0.2, -0.15) is 0 Å². The van der Waals surface area contributed by atoms with Crippen LogP contribution in [0.25, 0.3) is 0 Å². The van der Waals surface area contributed by atoms with E-state index in [2.05, 4.69) is 4.98 Å². The molecule has 2 N–H and O–H groups in total. The highest BCUT2D eigenvalue weighted by Crippen LogP contribution is 2.05. The second kappa shape index (κ2) is 3.39. The summed E-state index contributed by atoms with van der Waals surface area (Å²) in [5, 5.41) is 0. The molecule has 0 saturated carbocycles. The third-order valence-corrected chi connectivity index (χ3v) is 1.49. The number of imidazole rings is 1. The summed E-state index contributed by atoms with van der Waals surface area (Å²) in [6, 6.07) is 0. The zero-order valence-electron chi connectivity index (χ0n) is 6.87. The first-order chi connectivity index (χ1) is 5.27. The van der Waals surface area contributed by atoms with Crippen LogP contribution in [0, 0.1) is 0 Å². The second-order valence-corrected chi connectivity index (χ2v) is 2.31. The van der Waals surface area contributed by atoms with Gasteiger partial charge in [0.1, 0.15) is 0 Å². The summed E-state index contributed by atoms with van der Waals surface area (Å²) in [7, 11) is 1.64. The maximum atomic E-state index is 5.58. The lowest BCUT2D eigenvalue weighted by Gasteiger charge is -1.95. The lowest BCUT2D eigenvalue weighted by Crippen LogP contribution is -1.98. The Morgan fingerprint density at radius 1 is 1.73 bits per heavy atom. The highest BCUT2D eigenvalue weighted by molar-refractivity contribution is 5.21. The highest BCUT2D eigenvalue weighted by Gasteiger charge is 2.01. The van der Waals surface area contributed by atoms with Crippen LogP contribution in [0.1, 0.15) is 12.6 Å². The molecule has 1 aromatic heterocycles. The van der Waals surface area contributed by atoms with Crippen LogP contribution in [0.5, 0.6) is 0 Å². The van der Waals surface area contributed by atoms with Gasteiger partial charge in [0.15, 0.2) is 5.95 Å². The molecule has 1 heterocycles. The van der Waals surface area contributed by atoms with Crippen molar-refractivity contribution in [3.05, 3.63) is 11.9 Å². The molecule has 0 aliphatic heterocycles. The van der Waals surface area contributed by atoms with E-state index in [0.717, 1.165) is 12.2 Å². The fourth-order valence-electron chi connectivity index (χ4n) is 0.957. The van der Waals surface area contributed by atoms with Gasteiger partial charge < -0.3 is 15.0 Å². The molecule has 4 nitrogen and oxygen atoms in total. The van der Waals surface area contributed by atoms with Crippen LogP contribution in [0.4, 0.5) is 5.95 Å².